The summed E-state index contributed by atoms with van der Waals surface area (Å²) in [5.74, 6) is -0.777. The number of halogens is 2. The van der Waals surface area contributed by atoms with Crippen molar-refractivity contribution in [1.29, 1.82) is 0 Å². The van der Waals surface area contributed by atoms with Crippen LogP contribution in [0.25, 0.3) is 0 Å². The van der Waals surface area contributed by atoms with E-state index in [1.54, 1.807) is 40.0 Å². The molecule has 5 nitrogen and oxygen atoms in total. The van der Waals surface area contributed by atoms with E-state index in [4.69, 9.17) is 11.6 Å². The highest BCUT2D eigenvalue weighted by molar-refractivity contribution is 7.89. The van der Waals surface area contributed by atoms with Crippen LogP contribution < -0.4 is 0 Å². The minimum absolute atomic E-state index is 0.0202. The Kier molecular flexibility index (Phi) is 7.20. The van der Waals surface area contributed by atoms with Crippen LogP contribution in [0.15, 0.2) is 47.4 Å². The Morgan fingerprint density at radius 2 is 1.68 bits per heavy atom. The zero-order valence-electron chi connectivity index (χ0n) is 16.3. The third kappa shape index (κ3) is 4.54. The van der Waals surface area contributed by atoms with E-state index >= 15 is 0 Å². The monoisotopic (exact) mass is 426 g/mol. The predicted octanol–water partition coefficient (Wildman–Crippen LogP) is 4.34. The van der Waals surface area contributed by atoms with Gasteiger partial charge in [-0.15, -0.1) is 0 Å². The second kappa shape index (κ2) is 9.03. The van der Waals surface area contributed by atoms with E-state index in [-0.39, 0.29) is 27.3 Å². The summed E-state index contributed by atoms with van der Waals surface area (Å²) in [5, 5.41) is 0.168. The molecule has 2 rings (SSSR count). The number of hydrogen-bond donors (Lipinski definition) is 0. The van der Waals surface area contributed by atoms with Crippen LogP contribution in [0.3, 0.4) is 0 Å². The molecule has 0 aromatic heterocycles. The molecular formula is C20H24ClFN2O3S. The summed E-state index contributed by atoms with van der Waals surface area (Å²) in [6.07, 6.45) is 0. The molecule has 0 saturated carbocycles. The molecule has 1 atom stereocenters. The number of rotatable bonds is 7. The van der Waals surface area contributed by atoms with Gasteiger partial charge in [0.2, 0.25) is 10.0 Å². The maximum absolute atomic E-state index is 13.1. The van der Waals surface area contributed by atoms with Gasteiger partial charge >= 0.3 is 0 Å². The summed E-state index contributed by atoms with van der Waals surface area (Å²) in [6, 6.07) is 9.64. The van der Waals surface area contributed by atoms with E-state index in [0.717, 1.165) is 5.56 Å². The molecule has 2 aromatic rings. The number of amides is 1. The van der Waals surface area contributed by atoms with Gasteiger partial charge in [0.15, 0.2) is 0 Å². The van der Waals surface area contributed by atoms with E-state index in [0.29, 0.717) is 13.1 Å². The molecule has 1 amide bonds. The predicted molar refractivity (Wildman–Crippen MR) is 108 cm³/mol. The smallest absolute Gasteiger partial charge is 0.255 e. The number of hydrogen-bond acceptors (Lipinski definition) is 3. The van der Waals surface area contributed by atoms with Crippen molar-refractivity contribution in [2.75, 3.05) is 20.1 Å². The number of carbonyl (C=O) groups is 1. The maximum atomic E-state index is 13.1. The van der Waals surface area contributed by atoms with Crippen molar-refractivity contribution in [2.45, 2.75) is 31.7 Å². The number of sulfonamides is 1. The first-order valence-corrected chi connectivity index (χ1v) is 10.8. The summed E-state index contributed by atoms with van der Waals surface area (Å²) in [7, 11) is -2.12. The van der Waals surface area contributed by atoms with Crippen molar-refractivity contribution in [2.24, 2.45) is 0 Å². The summed E-state index contributed by atoms with van der Waals surface area (Å²) in [6.45, 7) is 5.95. The number of nitrogens with zero attached hydrogens (tertiary/aromatic N) is 2. The first-order chi connectivity index (χ1) is 13.1. The molecule has 0 saturated heterocycles. The molecule has 2 aromatic carbocycles. The molecule has 0 spiro atoms. The Labute approximate surface area is 170 Å². The zero-order valence-corrected chi connectivity index (χ0v) is 17.9. The zero-order chi connectivity index (χ0) is 21.1. The SMILES string of the molecule is CCN(CC)S(=O)(=O)c1ccc(Cl)c(C(=O)N(C)C(C)c2ccc(F)cc2)c1. The van der Waals surface area contributed by atoms with Gasteiger partial charge in [0.1, 0.15) is 5.82 Å². The van der Waals surface area contributed by atoms with Crippen molar-refractivity contribution in [3.8, 4) is 0 Å². The van der Waals surface area contributed by atoms with Gasteiger partial charge in [0.05, 0.1) is 21.5 Å². The molecule has 0 aliphatic rings. The quantitative estimate of drug-likeness (QED) is 0.661. The molecule has 1 unspecified atom stereocenters. The lowest BCUT2D eigenvalue weighted by Crippen LogP contribution is -2.32. The van der Waals surface area contributed by atoms with Crippen LogP contribution in [0.5, 0.6) is 0 Å². The lowest BCUT2D eigenvalue weighted by molar-refractivity contribution is 0.0742. The van der Waals surface area contributed by atoms with Crippen LogP contribution in [-0.4, -0.2) is 43.7 Å². The molecule has 28 heavy (non-hydrogen) atoms. The van der Waals surface area contributed by atoms with Crippen LogP contribution >= 0.6 is 11.6 Å². The normalized spacial score (nSPS) is 12.8. The molecule has 0 fully saturated rings. The van der Waals surface area contributed by atoms with E-state index in [1.807, 2.05) is 0 Å². The minimum Gasteiger partial charge on any atom is -0.335 e. The van der Waals surface area contributed by atoms with Crippen LogP contribution in [0.1, 0.15) is 42.7 Å². The van der Waals surface area contributed by atoms with Gasteiger partial charge in [0, 0.05) is 20.1 Å². The average Bonchev–Trinajstić information content (AvgIpc) is 2.67. The van der Waals surface area contributed by atoms with E-state index in [9.17, 15) is 17.6 Å². The Morgan fingerprint density at radius 3 is 2.21 bits per heavy atom. The van der Waals surface area contributed by atoms with Crippen LogP contribution in [0, 0.1) is 5.82 Å². The Hall–Kier alpha value is -1.96. The van der Waals surface area contributed by atoms with Gasteiger partial charge in [-0.05, 0) is 42.8 Å². The highest BCUT2D eigenvalue weighted by Gasteiger charge is 2.26. The molecule has 0 heterocycles. The largest absolute Gasteiger partial charge is 0.335 e. The minimum atomic E-state index is -3.71. The summed E-state index contributed by atoms with van der Waals surface area (Å²) in [4.78, 5) is 14.5. The van der Waals surface area contributed by atoms with E-state index < -0.39 is 15.9 Å². The molecule has 0 bridgehead atoms. The highest BCUT2D eigenvalue weighted by atomic mass is 35.5. The Morgan fingerprint density at radius 1 is 1.11 bits per heavy atom. The van der Waals surface area contributed by atoms with E-state index in [2.05, 4.69) is 0 Å². The Bertz CT molecular complexity index is 944. The van der Waals surface area contributed by atoms with Crippen molar-refractivity contribution in [1.82, 2.24) is 9.21 Å². The standard InChI is InChI=1S/C20H24ClFN2O3S/c1-5-24(6-2)28(26,27)17-11-12-19(21)18(13-17)20(25)23(4)14(3)15-7-9-16(22)10-8-15/h7-14H,5-6H2,1-4H3. The second-order valence-corrected chi connectivity index (χ2v) is 8.72. The maximum Gasteiger partial charge on any atom is 0.255 e. The Balaban J connectivity index is 2.38. The van der Waals surface area contributed by atoms with Gasteiger partial charge in [-0.3, -0.25) is 4.79 Å². The van der Waals surface area contributed by atoms with Gasteiger partial charge < -0.3 is 4.90 Å². The molecule has 152 valence electrons. The van der Waals surface area contributed by atoms with Crippen molar-refractivity contribution in [3.05, 3.63) is 64.4 Å². The fourth-order valence-electron chi connectivity index (χ4n) is 2.87. The topological polar surface area (TPSA) is 57.7 Å². The fourth-order valence-corrected chi connectivity index (χ4v) is 4.56. The molecule has 0 radical (unpaired) electrons. The van der Waals surface area contributed by atoms with Crippen LogP contribution in [0.2, 0.25) is 5.02 Å². The van der Waals surface area contributed by atoms with Crippen LogP contribution in [-0.2, 0) is 10.0 Å². The number of carbonyl (C=O) groups excluding carboxylic acids is 1. The third-order valence-corrected chi connectivity index (χ3v) is 7.14. The third-order valence-electron chi connectivity index (χ3n) is 4.77. The summed E-state index contributed by atoms with van der Waals surface area (Å²) >= 11 is 6.20. The van der Waals surface area contributed by atoms with Crippen LogP contribution in [0.4, 0.5) is 4.39 Å². The van der Waals surface area contributed by atoms with Gasteiger partial charge in [0.25, 0.3) is 5.91 Å². The average molecular weight is 427 g/mol. The first-order valence-electron chi connectivity index (χ1n) is 8.95. The lowest BCUT2D eigenvalue weighted by Gasteiger charge is -2.26. The summed E-state index contributed by atoms with van der Waals surface area (Å²) < 4.78 is 40.0. The lowest BCUT2D eigenvalue weighted by atomic mass is 10.1. The van der Waals surface area contributed by atoms with Gasteiger partial charge in [-0.2, -0.15) is 4.31 Å². The highest BCUT2D eigenvalue weighted by Crippen LogP contribution is 2.27. The van der Waals surface area contributed by atoms with E-state index in [1.165, 1.54) is 39.5 Å². The molecule has 0 aliphatic heterocycles. The van der Waals surface area contributed by atoms with Crippen molar-refractivity contribution < 1.29 is 17.6 Å². The number of benzene rings is 2. The van der Waals surface area contributed by atoms with Crippen molar-refractivity contribution >= 4 is 27.5 Å². The summed E-state index contributed by atoms with van der Waals surface area (Å²) in [5.41, 5.74) is 0.853. The first kappa shape index (κ1) is 22.3. The van der Waals surface area contributed by atoms with Gasteiger partial charge in [-0.25, -0.2) is 12.8 Å². The fraction of sp³-hybridized carbons (Fsp3) is 0.350. The molecular weight excluding hydrogens is 403 g/mol. The second-order valence-electron chi connectivity index (χ2n) is 6.37. The molecule has 0 N–H and O–H groups in total. The molecule has 0 aliphatic carbocycles. The van der Waals surface area contributed by atoms with Gasteiger partial charge in [-0.1, -0.05) is 37.6 Å². The molecule has 8 heteroatoms. The van der Waals surface area contributed by atoms with Crippen molar-refractivity contribution in [3.63, 3.8) is 0 Å².